The highest BCUT2D eigenvalue weighted by molar-refractivity contribution is 5.80. The molecule has 1 aliphatic rings. The Bertz CT molecular complexity index is 1100. The molecule has 144 valence electrons. The number of fused-ring (bicyclic) bond motifs is 2. The summed E-state index contributed by atoms with van der Waals surface area (Å²) >= 11 is 0. The minimum atomic E-state index is 0.451. The van der Waals surface area contributed by atoms with Crippen molar-refractivity contribution >= 4 is 17.1 Å². The van der Waals surface area contributed by atoms with Crippen LogP contribution in [0.15, 0.2) is 49.2 Å². The molecule has 4 aromatic rings. The first kappa shape index (κ1) is 17.2. The number of hydrogen-bond acceptors (Lipinski definition) is 5. The third-order valence-electron chi connectivity index (χ3n) is 5.88. The van der Waals surface area contributed by atoms with Crippen molar-refractivity contribution in [1.82, 2.24) is 28.9 Å². The lowest BCUT2D eigenvalue weighted by Gasteiger charge is -2.32. The molecule has 7 heteroatoms. The summed E-state index contributed by atoms with van der Waals surface area (Å²) < 4.78 is 3.94. The van der Waals surface area contributed by atoms with E-state index in [9.17, 15) is 0 Å². The third-order valence-corrected chi connectivity index (χ3v) is 5.88. The van der Waals surface area contributed by atoms with Crippen molar-refractivity contribution in [2.45, 2.75) is 37.8 Å². The molecular weight excluding hydrogens is 350 g/mol. The fourth-order valence-corrected chi connectivity index (χ4v) is 4.21. The van der Waals surface area contributed by atoms with E-state index in [1.54, 1.807) is 0 Å². The number of imidazole rings is 1. The maximum Gasteiger partial charge on any atom is 0.241 e. The number of nitrogens with zero attached hydrogens (tertiary/aromatic N) is 6. The molecule has 1 fully saturated rings. The predicted octanol–water partition coefficient (Wildman–Crippen LogP) is 3.33. The molecule has 0 saturated heterocycles. The van der Waals surface area contributed by atoms with Gasteiger partial charge in [0, 0.05) is 48.0 Å². The van der Waals surface area contributed by atoms with Gasteiger partial charge in [0.05, 0.1) is 11.7 Å². The van der Waals surface area contributed by atoms with Gasteiger partial charge in [-0.2, -0.15) is 0 Å². The van der Waals surface area contributed by atoms with Gasteiger partial charge in [-0.15, -0.1) is 5.10 Å². The smallest absolute Gasteiger partial charge is 0.241 e. The Morgan fingerprint density at radius 2 is 1.89 bits per heavy atom. The molecule has 0 bridgehead atoms. The zero-order chi connectivity index (χ0) is 19.1. The van der Waals surface area contributed by atoms with Crippen LogP contribution in [0.2, 0.25) is 0 Å². The molecule has 7 nitrogen and oxygen atoms in total. The standard InChI is InChI=1S/C21H25N7/c1-26(2)17-6-4-16(5-7-17)24-21-23-13-19-18(9-11-28(19)25-21)15-3-8-20-22-10-12-27(20)14-15/h3,8-14,16-17H,4-7H2,1-2H3,(H,24,25)/t16-,17+. The number of aromatic nitrogens is 5. The molecule has 1 N–H and O–H groups in total. The Labute approximate surface area is 164 Å². The van der Waals surface area contributed by atoms with Gasteiger partial charge in [-0.1, -0.05) is 0 Å². The van der Waals surface area contributed by atoms with E-state index in [0.717, 1.165) is 35.1 Å². The van der Waals surface area contributed by atoms with Crippen molar-refractivity contribution in [2.75, 3.05) is 19.4 Å². The number of nitrogens with one attached hydrogen (secondary N) is 1. The van der Waals surface area contributed by atoms with Gasteiger partial charge in [0.1, 0.15) is 5.65 Å². The lowest BCUT2D eigenvalue weighted by atomic mass is 9.91. The molecule has 4 heterocycles. The maximum atomic E-state index is 4.69. The molecule has 0 amide bonds. The molecule has 28 heavy (non-hydrogen) atoms. The lowest BCUT2D eigenvalue weighted by molar-refractivity contribution is 0.221. The van der Waals surface area contributed by atoms with E-state index in [4.69, 9.17) is 0 Å². The Kier molecular flexibility index (Phi) is 4.24. The highest BCUT2D eigenvalue weighted by Crippen LogP contribution is 2.27. The lowest BCUT2D eigenvalue weighted by Crippen LogP contribution is -2.36. The summed E-state index contributed by atoms with van der Waals surface area (Å²) in [5, 5.41) is 8.22. The van der Waals surface area contributed by atoms with Gasteiger partial charge >= 0.3 is 0 Å². The van der Waals surface area contributed by atoms with Gasteiger partial charge in [-0.25, -0.2) is 14.5 Å². The largest absolute Gasteiger partial charge is 0.350 e. The number of hydrogen-bond donors (Lipinski definition) is 1. The third kappa shape index (κ3) is 3.11. The quantitative estimate of drug-likeness (QED) is 0.593. The topological polar surface area (TPSA) is 62.8 Å². The van der Waals surface area contributed by atoms with Crippen LogP contribution in [0.3, 0.4) is 0 Å². The Hall–Kier alpha value is -2.93. The normalized spacial score (nSPS) is 20.2. The highest BCUT2D eigenvalue weighted by atomic mass is 15.3. The molecule has 1 aliphatic carbocycles. The van der Waals surface area contributed by atoms with Crippen LogP contribution in [0.25, 0.3) is 22.3 Å². The van der Waals surface area contributed by atoms with Crippen LogP contribution in [-0.2, 0) is 0 Å². The summed E-state index contributed by atoms with van der Waals surface area (Å²) in [6, 6.07) is 7.36. The summed E-state index contributed by atoms with van der Waals surface area (Å²) in [5.74, 6) is 0.702. The molecule has 0 aliphatic heterocycles. The molecule has 5 rings (SSSR count). The highest BCUT2D eigenvalue weighted by Gasteiger charge is 2.23. The van der Waals surface area contributed by atoms with Crippen LogP contribution in [0.5, 0.6) is 0 Å². The van der Waals surface area contributed by atoms with Crippen LogP contribution in [0.1, 0.15) is 25.7 Å². The van der Waals surface area contributed by atoms with E-state index in [1.165, 1.54) is 12.8 Å². The van der Waals surface area contributed by atoms with Crippen LogP contribution in [0, 0.1) is 0 Å². The first-order valence-corrected chi connectivity index (χ1v) is 9.88. The summed E-state index contributed by atoms with van der Waals surface area (Å²) in [6.07, 6.45) is 14.5. The van der Waals surface area contributed by atoms with E-state index in [0.29, 0.717) is 18.0 Å². The average Bonchev–Trinajstić information content (AvgIpc) is 3.34. The van der Waals surface area contributed by atoms with Crippen molar-refractivity contribution in [3.8, 4) is 11.1 Å². The van der Waals surface area contributed by atoms with E-state index < -0.39 is 0 Å². The van der Waals surface area contributed by atoms with E-state index >= 15 is 0 Å². The van der Waals surface area contributed by atoms with Gasteiger partial charge in [0.15, 0.2) is 0 Å². The summed E-state index contributed by atoms with van der Waals surface area (Å²) in [4.78, 5) is 11.2. The van der Waals surface area contributed by atoms with E-state index in [1.807, 2.05) is 39.8 Å². The predicted molar refractivity (Wildman–Crippen MR) is 111 cm³/mol. The Balaban J connectivity index is 1.36. The summed E-state index contributed by atoms with van der Waals surface area (Å²) in [7, 11) is 4.34. The fraction of sp³-hybridized carbons (Fsp3) is 0.381. The van der Waals surface area contributed by atoms with E-state index in [-0.39, 0.29) is 0 Å². The summed E-state index contributed by atoms with van der Waals surface area (Å²) in [5.41, 5.74) is 4.19. The molecule has 4 aromatic heterocycles. The molecule has 0 aromatic carbocycles. The maximum absolute atomic E-state index is 4.69. The van der Waals surface area contributed by atoms with Gasteiger partial charge < -0.3 is 14.6 Å². The van der Waals surface area contributed by atoms with Crippen molar-refractivity contribution in [3.05, 3.63) is 49.2 Å². The van der Waals surface area contributed by atoms with Gasteiger partial charge in [-0.05, 0) is 58.0 Å². The van der Waals surface area contributed by atoms with Gasteiger partial charge in [-0.3, -0.25) is 0 Å². The SMILES string of the molecule is CN(C)[C@H]1CC[C@@H](Nc2ncc3c(-c4ccc5nccn5c4)ccn3n2)CC1. The van der Waals surface area contributed by atoms with Crippen LogP contribution in [-0.4, -0.2) is 55.1 Å². The van der Waals surface area contributed by atoms with Crippen LogP contribution < -0.4 is 5.32 Å². The first-order valence-electron chi connectivity index (χ1n) is 9.88. The first-order chi connectivity index (χ1) is 13.7. The van der Waals surface area contributed by atoms with Crippen molar-refractivity contribution in [2.24, 2.45) is 0 Å². The summed E-state index contributed by atoms with van der Waals surface area (Å²) in [6.45, 7) is 0. The minimum absolute atomic E-state index is 0.451. The number of anilines is 1. The second-order valence-corrected chi connectivity index (χ2v) is 7.86. The Morgan fingerprint density at radius 1 is 1.04 bits per heavy atom. The Morgan fingerprint density at radius 3 is 2.71 bits per heavy atom. The van der Waals surface area contributed by atoms with Crippen LogP contribution >= 0.6 is 0 Å². The average molecular weight is 375 g/mol. The molecule has 0 spiro atoms. The molecule has 0 radical (unpaired) electrons. The molecule has 0 unspecified atom stereocenters. The van der Waals surface area contributed by atoms with Gasteiger partial charge in [0.2, 0.25) is 5.95 Å². The number of pyridine rings is 1. The molecule has 1 saturated carbocycles. The second kappa shape index (κ2) is 6.91. The van der Waals surface area contributed by atoms with Gasteiger partial charge in [0.25, 0.3) is 0 Å². The minimum Gasteiger partial charge on any atom is -0.350 e. The van der Waals surface area contributed by atoms with E-state index in [2.05, 4.69) is 57.7 Å². The zero-order valence-corrected chi connectivity index (χ0v) is 16.3. The fourth-order valence-electron chi connectivity index (χ4n) is 4.21. The molecular formula is C21H25N7. The molecule has 0 atom stereocenters. The zero-order valence-electron chi connectivity index (χ0n) is 16.3. The van der Waals surface area contributed by atoms with Crippen molar-refractivity contribution in [1.29, 1.82) is 0 Å². The number of rotatable bonds is 4. The second-order valence-electron chi connectivity index (χ2n) is 7.86. The van der Waals surface area contributed by atoms with Crippen molar-refractivity contribution in [3.63, 3.8) is 0 Å². The monoisotopic (exact) mass is 375 g/mol. The van der Waals surface area contributed by atoms with Crippen LogP contribution in [0.4, 0.5) is 5.95 Å². The van der Waals surface area contributed by atoms with Crippen molar-refractivity contribution < 1.29 is 0 Å².